The minimum atomic E-state index is -0.511. The predicted octanol–water partition coefficient (Wildman–Crippen LogP) is 3.83. The first-order valence-electron chi connectivity index (χ1n) is 8.83. The van der Waals surface area contributed by atoms with Crippen molar-refractivity contribution < 1.29 is 9.90 Å². The van der Waals surface area contributed by atoms with Gasteiger partial charge >= 0.3 is 0 Å². The number of nitrogens with zero attached hydrogens (tertiary/aromatic N) is 2. The van der Waals surface area contributed by atoms with Crippen LogP contribution in [0.25, 0.3) is 6.08 Å². The summed E-state index contributed by atoms with van der Waals surface area (Å²) < 4.78 is 0.641. The van der Waals surface area contributed by atoms with E-state index < -0.39 is 11.4 Å². The molecule has 5 nitrogen and oxygen atoms in total. The van der Waals surface area contributed by atoms with E-state index in [2.05, 4.69) is 26.2 Å². The average molecular weight is 426 g/mol. The summed E-state index contributed by atoms with van der Waals surface area (Å²) in [5, 5.41) is 22.0. The van der Waals surface area contributed by atoms with E-state index >= 15 is 0 Å². The Morgan fingerprint density at radius 1 is 1.30 bits per heavy atom. The zero-order chi connectivity index (χ0) is 19.3. The van der Waals surface area contributed by atoms with Crippen LogP contribution in [0.3, 0.4) is 0 Å². The second kappa shape index (κ2) is 8.47. The molecule has 27 heavy (non-hydrogen) atoms. The number of hydrogen-bond donors (Lipinski definition) is 2. The standard InChI is InChI=1S/C21H20BrN3O2/c22-19-8-4-7-18(24-19)12-16(13-23)20(27)25-21(9-1-2-10-21)17-6-3-5-15(11-17)14-26/h3-8,11-12,26H,1-2,9-10,14H2,(H,25,27). The molecule has 1 aromatic carbocycles. The third kappa shape index (κ3) is 4.44. The molecule has 0 spiro atoms. The Balaban J connectivity index is 1.89. The van der Waals surface area contributed by atoms with E-state index in [1.165, 1.54) is 6.08 Å². The summed E-state index contributed by atoms with van der Waals surface area (Å²) in [5.74, 6) is -0.407. The summed E-state index contributed by atoms with van der Waals surface area (Å²) in [5.41, 5.74) is 1.83. The van der Waals surface area contributed by atoms with Gasteiger partial charge in [0.25, 0.3) is 5.91 Å². The molecule has 0 aliphatic heterocycles. The van der Waals surface area contributed by atoms with Crippen molar-refractivity contribution in [2.45, 2.75) is 37.8 Å². The molecule has 1 aromatic heterocycles. The second-order valence-electron chi connectivity index (χ2n) is 6.66. The lowest BCUT2D eigenvalue weighted by Crippen LogP contribution is -2.44. The van der Waals surface area contributed by atoms with Gasteiger partial charge in [-0.1, -0.05) is 43.2 Å². The molecule has 0 unspecified atom stereocenters. The highest BCUT2D eigenvalue weighted by Gasteiger charge is 2.37. The minimum absolute atomic E-state index is 0.0187. The van der Waals surface area contributed by atoms with Gasteiger partial charge in [-0.15, -0.1) is 0 Å². The molecule has 1 amide bonds. The number of aromatic nitrogens is 1. The highest BCUT2D eigenvalue weighted by atomic mass is 79.9. The smallest absolute Gasteiger partial charge is 0.262 e. The van der Waals surface area contributed by atoms with Crippen LogP contribution in [0.2, 0.25) is 0 Å². The molecule has 2 aromatic rings. The van der Waals surface area contributed by atoms with Gasteiger partial charge in [0.15, 0.2) is 0 Å². The molecule has 0 saturated heterocycles. The van der Waals surface area contributed by atoms with E-state index in [-0.39, 0.29) is 12.2 Å². The molecule has 0 radical (unpaired) electrons. The van der Waals surface area contributed by atoms with Gasteiger partial charge in [-0.25, -0.2) is 4.98 Å². The second-order valence-corrected chi connectivity index (χ2v) is 7.47. The van der Waals surface area contributed by atoms with E-state index in [0.717, 1.165) is 36.8 Å². The first-order valence-corrected chi connectivity index (χ1v) is 9.63. The van der Waals surface area contributed by atoms with Crippen LogP contribution in [0.4, 0.5) is 0 Å². The number of nitriles is 1. The van der Waals surface area contributed by atoms with Crippen molar-refractivity contribution >= 4 is 27.9 Å². The summed E-state index contributed by atoms with van der Waals surface area (Å²) in [4.78, 5) is 17.1. The molecule has 1 aliphatic rings. The van der Waals surface area contributed by atoms with Crippen LogP contribution in [-0.2, 0) is 16.9 Å². The number of hydrogen-bond acceptors (Lipinski definition) is 4. The summed E-state index contributed by atoms with van der Waals surface area (Å²) in [7, 11) is 0. The van der Waals surface area contributed by atoms with Gasteiger partial charge in [-0.2, -0.15) is 5.26 Å². The number of aliphatic hydroxyl groups is 1. The van der Waals surface area contributed by atoms with Crippen LogP contribution in [-0.4, -0.2) is 16.0 Å². The number of carbonyl (C=O) groups is 1. The minimum Gasteiger partial charge on any atom is -0.392 e. The molecule has 6 heteroatoms. The molecule has 1 heterocycles. The summed E-state index contributed by atoms with van der Waals surface area (Å²) in [6, 6.07) is 15.0. The molecule has 1 saturated carbocycles. The van der Waals surface area contributed by atoms with Crippen molar-refractivity contribution in [1.82, 2.24) is 10.3 Å². The van der Waals surface area contributed by atoms with E-state index in [0.29, 0.717) is 10.3 Å². The maximum Gasteiger partial charge on any atom is 0.262 e. The van der Waals surface area contributed by atoms with Gasteiger partial charge in [-0.05, 0) is 58.1 Å². The molecule has 1 fully saturated rings. The number of halogens is 1. The maximum absolute atomic E-state index is 12.9. The highest BCUT2D eigenvalue weighted by Crippen LogP contribution is 2.39. The van der Waals surface area contributed by atoms with Crippen molar-refractivity contribution in [1.29, 1.82) is 5.26 Å². The van der Waals surface area contributed by atoms with Crippen LogP contribution in [0.15, 0.2) is 52.6 Å². The Morgan fingerprint density at radius 3 is 2.70 bits per heavy atom. The molecule has 3 rings (SSSR count). The number of carbonyl (C=O) groups excluding carboxylic acids is 1. The number of amides is 1. The quantitative estimate of drug-likeness (QED) is 0.432. The first kappa shape index (κ1) is 19.3. The number of nitrogens with one attached hydrogen (secondary N) is 1. The fraction of sp³-hybridized carbons (Fsp3) is 0.286. The molecule has 138 valence electrons. The zero-order valence-electron chi connectivity index (χ0n) is 14.8. The normalized spacial score (nSPS) is 16.0. The Kier molecular flexibility index (Phi) is 6.04. The lowest BCUT2D eigenvalue weighted by Gasteiger charge is -2.31. The largest absolute Gasteiger partial charge is 0.392 e. The van der Waals surface area contributed by atoms with Gasteiger partial charge in [-0.3, -0.25) is 4.79 Å². The SMILES string of the molecule is N#CC(=Cc1cccc(Br)n1)C(=O)NC1(c2cccc(CO)c2)CCCC1. The van der Waals surface area contributed by atoms with E-state index in [9.17, 15) is 15.2 Å². The number of rotatable bonds is 5. The van der Waals surface area contributed by atoms with Crippen LogP contribution < -0.4 is 5.32 Å². The molecule has 0 atom stereocenters. The van der Waals surface area contributed by atoms with Gasteiger partial charge in [0.05, 0.1) is 17.8 Å². The molecule has 2 N–H and O–H groups in total. The van der Waals surface area contributed by atoms with Crippen LogP contribution >= 0.6 is 15.9 Å². The maximum atomic E-state index is 12.9. The van der Waals surface area contributed by atoms with Crippen LogP contribution in [0.1, 0.15) is 42.5 Å². The lowest BCUT2D eigenvalue weighted by molar-refractivity contribution is -0.119. The van der Waals surface area contributed by atoms with Crippen LogP contribution in [0, 0.1) is 11.3 Å². The molecule has 1 aliphatic carbocycles. The van der Waals surface area contributed by atoms with Crippen molar-refractivity contribution in [3.05, 3.63) is 69.5 Å². The predicted molar refractivity (Wildman–Crippen MR) is 106 cm³/mol. The molecule has 0 bridgehead atoms. The molecular weight excluding hydrogens is 406 g/mol. The fourth-order valence-corrected chi connectivity index (χ4v) is 3.87. The lowest BCUT2D eigenvalue weighted by atomic mass is 9.86. The number of aliphatic hydroxyl groups excluding tert-OH is 1. The van der Waals surface area contributed by atoms with Gasteiger partial charge in [0.1, 0.15) is 16.2 Å². The zero-order valence-corrected chi connectivity index (χ0v) is 16.4. The van der Waals surface area contributed by atoms with Crippen molar-refractivity contribution in [2.75, 3.05) is 0 Å². The van der Waals surface area contributed by atoms with E-state index in [1.54, 1.807) is 18.2 Å². The Bertz CT molecular complexity index is 912. The monoisotopic (exact) mass is 425 g/mol. The van der Waals surface area contributed by atoms with E-state index in [1.807, 2.05) is 30.3 Å². The van der Waals surface area contributed by atoms with Crippen molar-refractivity contribution in [2.24, 2.45) is 0 Å². The van der Waals surface area contributed by atoms with Crippen molar-refractivity contribution in [3.63, 3.8) is 0 Å². The van der Waals surface area contributed by atoms with E-state index in [4.69, 9.17) is 0 Å². The number of benzene rings is 1. The van der Waals surface area contributed by atoms with Crippen molar-refractivity contribution in [3.8, 4) is 6.07 Å². The summed E-state index contributed by atoms with van der Waals surface area (Å²) in [6.45, 7) is -0.0459. The third-order valence-corrected chi connectivity index (χ3v) is 5.31. The Morgan fingerprint density at radius 2 is 2.04 bits per heavy atom. The van der Waals surface area contributed by atoms with Gasteiger partial charge < -0.3 is 10.4 Å². The summed E-state index contributed by atoms with van der Waals surface area (Å²) >= 11 is 3.29. The number of pyridine rings is 1. The van der Waals surface area contributed by atoms with Crippen LogP contribution in [0.5, 0.6) is 0 Å². The average Bonchev–Trinajstić information content (AvgIpc) is 3.15. The highest BCUT2D eigenvalue weighted by molar-refractivity contribution is 9.10. The van der Waals surface area contributed by atoms with Gasteiger partial charge in [0.2, 0.25) is 0 Å². The Labute approximate surface area is 166 Å². The van der Waals surface area contributed by atoms with Gasteiger partial charge in [0, 0.05) is 0 Å². The Hall–Kier alpha value is -2.49. The summed E-state index contributed by atoms with van der Waals surface area (Å²) in [6.07, 6.45) is 5.11. The fourth-order valence-electron chi connectivity index (χ4n) is 3.52. The first-order chi connectivity index (χ1) is 13.1. The third-order valence-electron chi connectivity index (χ3n) is 4.87. The molecular formula is C21H20BrN3O2. The topological polar surface area (TPSA) is 86.0 Å².